The number of benzene rings is 2. The van der Waals surface area contributed by atoms with Gasteiger partial charge in [-0.25, -0.2) is 9.97 Å². The Hall–Kier alpha value is -1.60. The first kappa shape index (κ1) is 18.4. The van der Waals surface area contributed by atoms with Gasteiger partial charge in [0.2, 0.25) is 0 Å². The summed E-state index contributed by atoms with van der Waals surface area (Å²) < 4.78 is 2.22. The second kappa shape index (κ2) is 7.02. The van der Waals surface area contributed by atoms with E-state index in [0.717, 1.165) is 52.2 Å². The third-order valence-corrected chi connectivity index (χ3v) is 8.29. The van der Waals surface area contributed by atoms with Crippen molar-refractivity contribution in [3.63, 3.8) is 0 Å². The molecule has 8 heteroatoms. The van der Waals surface area contributed by atoms with Gasteiger partial charge in [0.15, 0.2) is 10.3 Å². The zero-order valence-electron chi connectivity index (χ0n) is 15.5. The van der Waals surface area contributed by atoms with Gasteiger partial charge in [-0.1, -0.05) is 51.9 Å². The number of thiazole rings is 2. The van der Waals surface area contributed by atoms with E-state index in [1.165, 1.54) is 15.8 Å². The van der Waals surface area contributed by atoms with Crippen LogP contribution in [-0.4, -0.2) is 36.1 Å². The number of hydrogen-bond acceptors (Lipinski definition) is 6. The molecule has 1 aliphatic rings. The van der Waals surface area contributed by atoms with Crippen molar-refractivity contribution in [2.75, 3.05) is 36.0 Å². The molecule has 5 rings (SSSR count). The molecule has 0 unspecified atom stereocenters. The second-order valence-corrected chi connectivity index (χ2v) is 9.83. The summed E-state index contributed by atoms with van der Waals surface area (Å²) in [5.74, 6) is 0. The Morgan fingerprint density at radius 2 is 1.39 bits per heavy atom. The van der Waals surface area contributed by atoms with Gasteiger partial charge in [-0.3, -0.25) is 0 Å². The Labute approximate surface area is 181 Å². The number of piperazine rings is 1. The van der Waals surface area contributed by atoms with Crippen LogP contribution in [0.2, 0.25) is 10.0 Å². The fourth-order valence-electron chi connectivity index (χ4n) is 3.51. The average Bonchev–Trinajstić information content (AvgIpc) is 3.34. The molecule has 0 bridgehead atoms. The van der Waals surface area contributed by atoms with Gasteiger partial charge in [0, 0.05) is 26.2 Å². The predicted octanol–water partition coefficient (Wildman–Crippen LogP) is 6.16. The molecule has 1 fully saturated rings. The number of anilines is 2. The Morgan fingerprint density at radius 1 is 0.786 bits per heavy atom. The van der Waals surface area contributed by atoms with E-state index in [9.17, 15) is 0 Å². The fourth-order valence-corrected chi connectivity index (χ4v) is 6.16. The molecule has 0 amide bonds. The number of aryl methyl sites for hydroxylation is 2. The summed E-state index contributed by atoms with van der Waals surface area (Å²) in [6.07, 6.45) is 0. The quantitative estimate of drug-likeness (QED) is 0.367. The number of halogens is 2. The molecule has 28 heavy (non-hydrogen) atoms. The third-order valence-electron chi connectivity index (χ3n) is 5.33. The lowest BCUT2D eigenvalue weighted by atomic mass is 10.1. The minimum Gasteiger partial charge on any atom is -0.345 e. The van der Waals surface area contributed by atoms with Crippen LogP contribution >= 0.6 is 45.9 Å². The highest BCUT2D eigenvalue weighted by Gasteiger charge is 2.23. The molecule has 4 nitrogen and oxygen atoms in total. The van der Waals surface area contributed by atoms with E-state index in [-0.39, 0.29) is 0 Å². The Balaban J connectivity index is 1.37. The van der Waals surface area contributed by atoms with E-state index >= 15 is 0 Å². The van der Waals surface area contributed by atoms with Gasteiger partial charge in [0.25, 0.3) is 0 Å². The standard InChI is InChI=1S/C20H18Cl2N4S2/c1-11-3-6-15-16(12(11)2)23-19(27-15)25-7-9-26(10-8-25)20-24-17-13(21)4-5-14(22)18(17)28-20/h3-6H,7-10H2,1-2H3. The van der Waals surface area contributed by atoms with Crippen LogP contribution in [0.4, 0.5) is 10.3 Å². The van der Waals surface area contributed by atoms with Crippen molar-refractivity contribution < 1.29 is 0 Å². The predicted molar refractivity (Wildman–Crippen MR) is 123 cm³/mol. The summed E-state index contributed by atoms with van der Waals surface area (Å²) in [5.41, 5.74) is 4.51. The third kappa shape index (κ3) is 3.03. The molecule has 1 saturated heterocycles. The van der Waals surface area contributed by atoms with E-state index in [1.807, 2.05) is 12.1 Å². The van der Waals surface area contributed by atoms with Crippen LogP contribution in [0.25, 0.3) is 20.4 Å². The van der Waals surface area contributed by atoms with Crippen LogP contribution in [0.3, 0.4) is 0 Å². The SMILES string of the molecule is Cc1ccc2sc(N3CCN(c4nc5c(Cl)ccc(Cl)c5s4)CC3)nc2c1C. The molecule has 4 aromatic rings. The van der Waals surface area contributed by atoms with Crippen LogP contribution in [0.5, 0.6) is 0 Å². The van der Waals surface area contributed by atoms with Gasteiger partial charge in [-0.2, -0.15) is 0 Å². The molecule has 2 aromatic carbocycles. The molecule has 3 heterocycles. The molecule has 0 saturated carbocycles. The van der Waals surface area contributed by atoms with Crippen molar-refractivity contribution in [3.8, 4) is 0 Å². The summed E-state index contributed by atoms with van der Waals surface area (Å²) in [6.45, 7) is 7.96. The number of aromatic nitrogens is 2. The smallest absolute Gasteiger partial charge is 0.186 e. The normalized spacial score (nSPS) is 15.1. The molecule has 0 atom stereocenters. The Morgan fingerprint density at radius 3 is 2.07 bits per heavy atom. The van der Waals surface area contributed by atoms with Crippen LogP contribution in [0.1, 0.15) is 11.1 Å². The minimum absolute atomic E-state index is 0.653. The highest BCUT2D eigenvalue weighted by atomic mass is 35.5. The average molecular weight is 449 g/mol. The summed E-state index contributed by atoms with van der Waals surface area (Å²) >= 11 is 16.0. The van der Waals surface area contributed by atoms with Crippen LogP contribution in [-0.2, 0) is 0 Å². The van der Waals surface area contributed by atoms with Gasteiger partial charge in [0.1, 0.15) is 5.52 Å². The maximum atomic E-state index is 6.33. The summed E-state index contributed by atoms with van der Waals surface area (Å²) in [5, 5.41) is 3.46. The van der Waals surface area contributed by atoms with Crippen LogP contribution in [0, 0.1) is 13.8 Å². The van der Waals surface area contributed by atoms with E-state index in [1.54, 1.807) is 22.7 Å². The Bertz CT molecular complexity index is 1150. The fraction of sp³-hybridized carbons (Fsp3) is 0.300. The summed E-state index contributed by atoms with van der Waals surface area (Å²) in [7, 11) is 0. The lowest BCUT2D eigenvalue weighted by molar-refractivity contribution is 0.651. The summed E-state index contributed by atoms with van der Waals surface area (Å²) in [4.78, 5) is 14.4. The molecule has 2 aromatic heterocycles. The number of fused-ring (bicyclic) bond motifs is 2. The van der Waals surface area contributed by atoms with Crippen molar-refractivity contribution in [2.24, 2.45) is 0 Å². The van der Waals surface area contributed by atoms with Crippen LogP contribution in [0.15, 0.2) is 24.3 Å². The first-order chi connectivity index (χ1) is 13.5. The topological polar surface area (TPSA) is 32.3 Å². The lowest BCUT2D eigenvalue weighted by Crippen LogP contribution is -2.46. The van der Waals surface area contributed by atoms with Crippen LogP contribution < -0.4 is 9.80 Å². The van der Waals surface area contributed by atoms with E-state index in [2.05, 4.69) is 35.8 Å². The van der Waals surface area contributed by atoms with E-state index in [4.69, 9.17) is 33.2 Å². The minimum atomic E-state index is 0.653. The molecular weight excluding hydrogens is 431 g/mol. The second-order valence-electron chi connectivity index (χ2n) is 7.03. The molecule has 0 radical (unpaired) electrons. The van der Waals surface area contributed by atoms with Gasteiger partial charge in [-0.15, -0.1) is 0 Å². The van der Waals surface area contributed by atoms with Gasteiger partial charge in [0.05, 0.1) is 25.0 Å². The highest BCUT2D eigenvalue weighted by molar-refractivity contribution is 7.23. The molecule has 0 aliphatic carbocycles. The molecule has 0 spiro atoms. The number of hydrogen-bond donors (Lipinski definition) is 0. The van der Waals surface area contributed by atoms with E-state index < -0.39 is 0 Å². The first-order valence-electron chi connectivity index (χ1n) is 9.12. The zero-order valence-corrected chi connectivity index (χ0v) is 18.6. The van der Waals surface area contributed by atoms with E-state index in [0.29, 0.717) is 10.0 Å². The van der Waals surface area contributed by atoms with Gasteiger partial charge in [-0.05, 0) is 43.2 Å². The largest absolute Gasteiger partial charge is 0.345 e. The first-order valence-corrected chi connectivity index (χ1v) is 11.5. The molecule has 1 aliphatic heterocycles. The number of nitrogens with zero attached hydrogens (tertiary/aromatic N) is 4. The Kier molecular flexibility index (Phi) is 4.62. The zero-order chi connectivity index (χ0) is 19.4. The van der Waals surface area contributed by atoms with Crippen molar-refractivity contribution in [2.45, 2.75) is 13.8 Å². The number of rotatable bonds is 2. The molecular formula is C20H18Cl2N4S2. The van der Waals surface area contributed by atoms with Crippen molar-refractivity contribution in [3.05, 3.63) is 45.4 Å². The molecule has 144 valence electrons. The molecule has 0 N–H and O–H groups in total. The highest BCUT2D eigenvalue weighted by Crippen LogP contribution is 2.38. The summed E-state index contributed by atoms with van der Waals surface area (Å²) in [6, 6.07) is 8.01. The van der Waals surface area contributed by atoms with Gasteiger partial charge >= 0.3 is 0 Å². The van der Waals surface area contributed by atoms with Crippen molar-refractivity contribution in [1.29, 1.82) is 0 Å². The lowest BCUT2D eigenvalue weighted by Gasteiger charge is -2.34. The monoisotopic (exact) mass is 448 g/mol. The maximum Gasteiger partial charge on any atom is 0.186 e. The maximum absolute atomic E-state index is 6.33. The van der Waals surface area contributed by atoms with Crippen molar-refractivity contribution in [1.82, 2.24) is 9.97 Å². The van der Waals surface area contributed by atoms with Crippen molar-refractivity contribution >= 4 is 76.6 Å². The van der Waals surface area contributed by atoms with Gasteiger partial charge < -0.3 is 9.80 Å².